The van der Waals surface area contributed by atoms with E-state index >= 15 is 0 Å². The largest absolute Gasteiger partial charge is 0.489 e. The number of rotatable bonds is 13. The fourth-order valence-corrected chi connectivity index (χ4v) is 9.92. The molecule has 1 aliphatic carbocycles. The zero-order chi connectivity index (χ0) is 41.4. The second-order valence-electron chi connectivity index (χ2n) is 17.2. The number of piperazine rings is 1. The van der Waals surface area contributed by atoms with Crippen LogP contribution in [0.2, 0.25) is 5.02 Å². The number of fused-ring (bicyclic) bond motifs is 1. The van der Waals surface area contributed by atoms with Gasteiger partial charge in [0.15, 0.2) is 0 Å². The number of hydrogen-bond donors (Lipinski definition) is 3. The van der Waals surface area contributed by atoms with Crippen molar-refractivity contribution in [1.82, 2.24) is 20.9 Å². The van der Waals surface area contributed by atoms with E-state index in [9.17, 15) is 29.2 Å². The molecule has 3 heterocycles. The first-order valence-electron chi connectivity index (χ1n) is 20.3. The average Bonchev–Trinajstić information content (AvgIpc) is 3.45. The van der Waals surface area contributed by atoms with Gasteiger partial charge in [0.05, 0.1) is 21.7 Å². The summed E-state index contributed by atoms with van der Waals surface area (Å²) in [5, 5.41) is 18.6. The highest BCUT2D eigenvalue weighted by atomic mass is 35.5. The number of aryl methyl sites for hydroxylation is 1. The van der Waals surface area contributed by atoms with Crippen molar-refractivity contribution in [2.75, 3.05) is 24.5 Å². The van der Waals surface area contributed by atoms with Gasteiger partial charge in [-0.1, -0.05) is 64.6 Å². The number of ether oxygens (including phenoxy) is 1. The molecule has 3 aromatic carbocycles. The van der Waals surface area contributed by atoms with Crippen LogP contribution >= 0.6 is 11.6 Å². The molecule has 7 rings (SSSR count). The fraction of sp³-hybridized carbons (Fsp3) is 0.467. The number of nitrogens with one attached hydrogen (secondary N) is 3. The van der Waals surface area contributed by atoms with E-state index in [1.165, 1.54) is 0 Å². The van der Waals surface area contributed by atoms with E-state index in [-0.39, 0.29) is 41.7 Å². The number of imide groups is 2. The molecule has 5 amide bonds. The van der Waals surface area contributed by atoms with Gasteiger partial charge in [-0.15, -0.1) is 0 Å². The number of nitriles is 1. The van der Waals surface area contributed by atoms with Crippen LogP contribution in [0.25, 0.3) is 0 Å². The first kappa shape index (κ1) is 40.9. The van der Waals surface area contributed by atoms with Crippen LogP contribution in [0.1, 0.15) is 115 Å². The third kappa shape index (κ3) is 7.94. The Kier molecular flexibility index (Phi) is 11.7. The van der Waals surface area contributed by atoms with Gasteiger partial charge in [0.25, 0.3) is 17.7 Å². The SMILES string of the molecule is CC1(C)C(NC(=O)c2ccc(N3CCNCC3CCCCCCc3ccc4c(c3)C(=O)N(C3CCC(=O)NC3=O)C4=O)cc2)C(C)(C)C1Oc1ccc(C#N)c(Cl)c1. The van der Waals surface area contributed by atoms with Crippen LogP contribution in [0.4, 0.5) is 5.69 Å². The van der Waals surface area contributed by atoms with E-state index in [1.807, 2.05) is 30.3 Å². The minimum atomic E-state index is -0.965. The summed E-state index contributed by atoms with van der Waals surface area (Å²) in [6.07, 6.45) is 5.97. The van der Waals surface area contributed by atoms with E-state index in [0.29, 0.717) is 39.1 Å². The Balaban J connectivity index is 0.871. The van der Waals surface area contributed by atoms with Crippen molar-refractivity contribution >= 4 is 46.8 Å². The number of nitrogens with zero attached hydrogens (tertiary/aromatic N) is 3. The van der Waals surface area contributed by atoms with Gasteiger partial charge in [-0.3, -0.25) is 34.2 Å². The van der Waals surface area contributed by atoms with E-state index in [1.54, 1.807) is 30.3 Å². The Morgan fingerprint density at radius 1 is 0.931 bits per heavy atom. The molecule has 3 aliphatic heterocycles. The van der Waals surface area contributed by atoms with Crippen molar-refractivity contribution in [2.45, 2.75) is 103 Å². The third-order valence-corrected chi connectivity index (χ3v) is 12.8. The monoisotopic (exact) mass is 806 g/mol. The molecule has 4 aliphatic rings. The standard InChI is InChI=1S/C45H51ClN6O6/c1-44(2)42(45(3,4)43(44)58-32-17-14-29(25-47)35(46)24-32)50-38(54)28-12-15-30(16-13-28)51-22-21-48-26-31(51)10-8-6-5-7-9-27-11-18-33-34(23-27)41(57)52(40(33)56)36-19-20-37(53)49-39(36)55/h11-18,23-24,31,36,42-43,48H,5-10,19-22,26H2,1-4H3,(H,50,54)(H,49,53,55). The maximum absolute atomic E-state index is 13.6. The summed E-state index contributed by atoms with van der Waals surface area (Å²) < 4.78 is 6.39. The average molecular weight is 807 g/mol. The Hall–Kier alpha value is -5.25. The Bertz CT molecular complexity index is 2150. The highest BCUT2D eigenvalue weighted by Crippen LogP contribution is 2.55. The van der Waals surface area contributed by atoms with Crippen molar-refractivity contribution in [2.24, 2.45) is 10.8 Å². The van der Waals surface area contributed by atoms with Crippen molar-refractivity contribution in [3.63, 3.8) is 0 Å². The van der Waals surface area contributed by atoms with Crippen LogP contribution in [0, 0.1) is 22.2 Å². The minimum absolute atomic E-state index is 0.0931. The van der Waals surface area contributed by atoms with Gasteiger partial charge in [0.1, 0.15) is 24.0 Å². The summed E-state index contributed by atoms with van der Waals surface area (Å²) in [6, 6.07) is 19.6. The summed E-state index contributed by atoms with van der Waals surface area (Å²) in [5.41, 5.74) is 2.99. The summed E-state index contributed by atoms with van der Waals surface area (Å²) >= 11 is 6.26. The number of anilines is 1. The van der Waals surface area contributed by atoms with Crippen LogP contribution in [0.3, 0.4) is 0 Å². The quantitative estimate of drug-likeness (QED) is 0.135. The highest BCUT2D eigenvalue weighted by Gasteiger charge is 2.64. The van der Waals surface area contributed by atoms with Gasteiger partial charge in [-0.25, -0.2) is 0 Å². The number of benzene rings is 3. The maximum atomic E-state index is 13.6. The van der Waals surface area contributed by atoms with E-state index in [2.05, 4.69) is 54.6 Å². The molecule has 1 saturated carbocycles. The molecule has 2 saturated heterocycles. The lowest BCUT2D eigenvalue weighted by Crippen LogP contribution is -2.74. The van der Waals surface area contributed by atoms with E-state index in [4.69, 9.17) is 16.3 Å². The smallest absolute Gasteiger partial charge is 0.262 e. The molecule has 2 atom stereocenters. The molecular formula is C45H51ClN6O6. The number of halogens is 1. The lowest BCUT2D eigenvalue weighted by molar-refractivity contribution is -0.164. The van der Waals surface area contributed by atoms with E-state index in [0.717, 1.165) is 74.3 Å². The lowest BCUT2D eigenvalue weighted by atomic mass is 9.49. The summed E-state index contributed by atoms with van der Waals surface area (Å²) in [5.74, 6) is -1.49. The number of amides is 5. The Morgan fingerprint density at radius 2 is 1.66 bits per heavy atom. The Morgan fingerprint density at radius 3 is 2.36 bits per heavy atom. The van der Waals surface area contributed by atoms with Crippen LogP contribution in [0.15, 0.2) is 60.7 Å². The summed E-state index contributed by atoms with van der Waals surface area (Å²) in [6.45, 7) is 11.0. The molecular weight excluding hydrogens is 756 g/mol. The first-order chi connectivity index (χ1) is 27.7. The molecule has 0 spiro atoms. The van der Waals surface area contributed by atoms with Gasteiger partial charge in [0, 0.05) is 66.3 Å². The predicted octanol–water partition coefficient (Wildman–Crippen LogP) is 6.20. The number of unbranched alkanes of at least 4 members (excludes halogenated alkanes) is 3. The van der Waals surface area contributed by atoms with Crippen molar-refractivity contribution in [3.05, 3.63) is 93.5 Å². The van der Waals surface area contributed by atoms with Gasteiger partial charge in [0.2, 0.25) is 11.8 Å². The van der Waals surface area contributed by atoms with Crippen LogP contribution in [-0.4, -0.2) is 78.3 Å². The molecule has 0 bridgehead atoms. The molecule has 3 fully saturated rings. The molecule has 58 heavy (non-hydrogen) atoms. The molecule has 2 unspecified atom stereocenters. The van der Waals surface area contributed by atoms with Crippen LogP contribution < -0.4 is 25.6 Å². The van der Waals surface area contributed by atoms with Gasteiger partial charge < -0.3 is 20.3 Å². The van der Waals surface area contributed by atoms with Crippen molar-refractivity contribution < 1.29 is 28.7 Å². The molecule has 3 aromatic rings. The third-order valence-electron chi connectivity index (χ3n) is 12.5. The number of piperidine rings is 1. The second kappa shape index (κ2) is 16.5. The molecule has 0 aromatic heterocycles. The first-order valence-corrected chi connectivity index (χ1v) is 20.7. The second-order valence-corrected chi connectivity index (χ2v) is 17.6. The number of hydrogen-bond acceptors (Lipinski definition) is 9. The maximum Gasteiger partial charge on any atom is 0.262 e. The van der Waals surface area contributed by atoms with Crippen molar-refractivity contribution in [1.29, 1.82) is 5.26 Å². The number of carbonyl (C=O) groups is 5. The molecule has 13 heteroatoms. The van der Waals surface area contributed by atoms with Crippen LogP contribution in [-0.2, 0) is 16.0 Å². The highest BCUT2D eigenvalue weighted by molar-refractivity contribution is 6.31. The molecule has 0 radical (unpaired) electrons. The van der Waals surface area contributed by atoms with Gasteiger partial charge >= 0.3 is 0 Å². The zero-order valence-corrected chi connectivity index (χ0v) is 34.3. The normalized spacial score (nSPS) is 23.4. The summed E-state index contributed by atoms with van der Waals surface area (Å²) in [7, 11) is 0. The minimum Gasteiger partial charge on any atom is -0.489 e. The predicted molar refractivity (Wildman–Crippen MR) is 220 cm³/mol. The number of carbonyl (C=O) groups excluding carboxylic acids is 5. The topological polar surface area (TPSA) is 161 Å². The zero-order valence-electron chi connectivity index (χ0n) is 33.5. The van der Waals surface area contributed by atoms with Crippen molar-refractivity contribution in [3.8, 4) is 11.8 Å². The van der Waals surface area contributed by atoms with Gasteiger partial charge in [-0.2, -0.15) is 5.26 Å². The summed E-state index contributed by atoms with van der Waals surface area (Å²) in [4.78, 5) is 67.2. The fourth-order valence-electron chi connectivity index (χ4n) is 9.71. The van der Waals surface area contributed by atoms with Crippen LogP contribution in [0.5, 0.6) is 5.75 Å². The van der Waals surface area contributed by atoms with Gasteiger partial charge in [-0.05, 0) is 79.8 Å². The lowest BCUT2D eigenvalue weighted by Gasteiger charge is -2.63. The Labute approximate surface area is 344 Å². The van der Waals surface area contributed by atoms with E-state index < -0.39 is 29.7 Å². The molecule has 12 nitrogen and oxygen atoms in total. The molecule has 304 valence electrons. The molecule has 3 N–H and O–H groups in total.